The number of esters is 1. The predicted molar refractivity (Wildman–Crippen MR) is 60.4 cm³/mol. The normalized spacial score (nSPS) is 10.2. The van der Waals surface area contributed by atoms with Crippen molar-refractivity contribution >= 4 is 12.0 Å². The van der Waals surface area contributed by atoms with Crippen molar-refractivity contribution < 1.29 is 19.2 Å². The maximum absolute atomic E-state index is 11.3. The van der Waals surface area contributed by atoms with Crippen LogP contribution in [0.4, 0.5) is 0 Å². The molecule has 0 bridgehead atoms. The molecule has 90 valence electrons. The van der Waals surface area contributed by atoms with E-state index in [2.05, 4.69) is 4.74 Å². The van der Waals surface area contributed by atoms with Crippen LogP contribution in [0, 0.1) is 10.1 Å². The monoisotopic (exact) mass is 237 g/mol. The highest BCUT2D eigenvalue weighted by atomic mass is 16.6. The van der Waals surface area contributed by atoms with Gasteiger partial charge in [0.05, 0.1) is 24.7 Å². The second-order valence-corrected chi connectivity index (χ2v) is 3.05. The van der Waals surface area contributed by atoms with Crippen LogP contribution >= 0.6 is 0 Å². The van der Waals surface area contributed by atoms with Gasteiger partial charge in [-0.2, -0.15) is 0 Å². The highest BCUT2D eigenvalue weighted by molar-refractivity contribution is 5.90. The van der Waals surface area contributed by atoms with Crippen LogP contribution in [0.15, 0.2) is 24.4 Å². The zero-order valence-corrected chi connectivity index (χ0v) is 9.38. The van der Waals surface area contributed by atoms with Crippen molar-refractivity contribution in [2.45, 2.75) is 0 Å². The molecular formula is C11H11NO5. The Kier molecular flexibility index (Phi) is 4.21. The molecule has 0 heterocycles. The van der Waals surface area contributed by atoms with Crippen molar-refractivity contribution in [2.24, 2.45) is 0 Å². The molecule has 0 radical (unpaired) electrons. The molecular weight excluding hydrogens is 226 g/mol. The van der Waals surface area contributed by atoms with Crippen LogP contribution in [0.1, 0.15) is 15.9 Å². The summed E-state index contributed by atoms with van der Waals surface area (Å²) in [7, 11) is 2.70. The van der Waals surface area contributed by atoms with Gasteiger partial charge in [0.15, 0.2) is 0 Å². The van der Waals surface area contributed by atoms with E-state index in [1.807, 2.05) is 0 Å². The summed E-state index contributed by atoms with van der Waals surface area (Å²) in [6.45, 7) is 0. The number of ether oxygens (including phenoxy) is 2. The number of benzene rings is 1. The average molecular weight is 237 g/mol. The molecule has 1 aromatic carbocycles. The Morgan fingerprint density at radius 3 is 2.65 bits per heavy atom. The highest BCUT2D eigenvalue weighted by Gasteiger charge is 2.09. The molecule has 1 rings (SSSR count). The van der Waals surface area contributed by atoms with Crippen molar-refractivity contribution in [3.63, 3.8) is 0 Å². The molecule has 0 aliphatic rings. The van der Waals surface area contributed by atoms with Gasteiger partial charge in [-0.1, -0.05) is 0 Å². The second-order valence-electron chi connectivity index (χ2n) is 3.05. The first kappa shape index (κ1) is 12.7. The summed E-state index contributed by atoms with van der Waals surface area (Å²) in [5.74, 6) is -0.0702. The number of hydrogen-bond acceptors (Lipinski definition) is 5. The zero-order chi connectivity index (χ0) is 12.8. The van der Waals surface area contributed by atoms with Crippen LogP contribution in [-0.2, 0) is 4.74 Å². The summed E-state index contributed by atoms with van der Waals surface area (Å²) in [5.41, 5.74) is 0.739. The first-order chi connectivity index (χ1) is 8.08. The third-order valence-electron chi connectivity index (χ3n) is 2.03. The van der Waals surface area contributed by atoms with Gasteiger partial charge in [-0.3, -0.25) is 10.1 Å². The van der Waals surface area contributed by atoms with Gasteiger partial charge in [0.2, 0.25) is 6.20 Å². The number of methoxy groups -OCH3 is 2. The van der Waals surface area contributed by atoms with Crippen LogP contribution in [0.3, 0.4) is 0 Å². The lowest BCUT2D eigenvalue weighted by Gasteiger charge is -2.06. The van der Waals surface area contributed by atoms with Gasteiger partial charge < -0.3 is 9.47 Å². The minimum Gasteiger partial charge on any atom is -0.496 e. The molecule has 17 heavy (non-hydrogen) atoms. The molecule has 0 fully saturated rings. The Morgan fingerprint density at radius 1 is 1.41 bits per heavy atom. The molecule has 0 aliphatic carbocycles. The standard InChI is InChI=1S/C11H11NO5/c1-16-10-4-3-9(11(13)17-2)7-8(10)5-6-12(14)15/h3-7H,1-2H3/b6-5+. The fraction of sp³-hybridized carbons (Fsp3) is 0.182. The number of nitrogens with zero attached hydrogens (tertiary/aromatic N) is 1. The number of carbonyl (C=O) groups is 1. The van der Waals surface area contributed by atoms with Crippen molar-refractivity contribution in [2.75, 3.05) is 14.2 Å². The number of rotatable bonds is 4. The Labute approximate surface area is 97.6 Å². The molecule has 0 atom stereocenters. The van der Waals surface area contributed by atoms with E-state index in [4.69, 9.17) is 4.74 Å². The van der Waals surface area contributed by atoms with Crippen molar-refractivity contribution in [3.05, 3.63) is 45.6 Å². The summed E-state index contributed by atoms with van der Waals surface area (Å²) in [4.78, 5) is 20.9. The maximum atomic E-state index is 11.3. The van der Waals surface area contributed by atoms with Gasteiger partial charge in [0.1, 0.15) is 5.75 Å². The topological polar surface area (TPSA) is 78.7 Å². The molecule has 1 aromatic rings. The lowest BCUT2D eigenvalue weighted by atomic mass is 10.1. The third-order valence-corrected chi connectivity index (χ3v) is 2.03. The van der Waals surface area contributed by atoms with E-state index in [0.29, 0.717) is 16.9 Å². The molecule has 0 aromatic heterocycles. The van der Waals surface area contributed by atoms with Crippen LogP contribution in [0.5, 0.6) is 5.75 Å². The molecule has 6 nitrogen and oxygen atoms in total. The SMILES string of the molecule is COC(=O)c1ccc(OC)c(/C=C/[N+](=O)[O-])c1. The Hall–Kier alpha value is -2.37. The van der Waals surface area contributed by atoms with Gasteiger partial charge in [0, 0.05) is 11.6 Å². The van der Waals surface area contributed by atoms with Crippen molar-refractivity contribution in [1.29, 1.82) is 0 Å². The van der Waals surface area contributed by atoms with E-state index in [9.17, 15) is 14.9 Å². The van der Waals surface area contributed by atoms with Crippen LogP contribution in [-0.4, -0.2) is 25.1 Å². The van der Waals surface area contributed by atoms with Crippen molar-refractivity contribution in [1.82, 2.24) is 0 Å². The average Bonchev–Trinajstić information content (AvgIpc) is 2.34. The molecule has 0 saturated carbocycles. The quantitative estimate of drug-likeness (QED) is 0.452. The predicted octanol–water partition coefficient (Wildman–Crippen LogP) is 1.73. The summed E-state index contributed by atoms with van der Waals surface area (Å²) in [6.07, 6.45) is 2.03. The van der Waals surface area contributed by atoms with Crippen LogP contribution < -0.4 is 4.74 Å². The Morgan fingerprint density at radius 2 is 2.12 bits per heavy atom. The number of hydrogen-bond donors (Lipinski definition) is 0. The fourth-order valence-corrected chi connectivity index (χ4v) is 1.25. The van der Waals surface area contributed by atoms with E-state index in [1.165, 1.54) is 32.4 Å². The zero-order valence-electron chi connectivity index (χ0n) is 9.38. The van der Waals surface area contributed by atoms with E-state index >= 15 is 0 Å². The summed E-state index contributed by atoms with van der Waals surface area (Å²) in [6, 6.07) is 4.53. The summed E-state index contributed by atoms with van der Waals surface area (Å²) >= 11 is 0. The van der Waals surface area contributed by atoms with Crippen LogP contribution in [0.25, 0.3) is 6.08 Å². The van der Waals surface area contributed by atoms with Crippen molar-refractivity contribution in [3.8, 4) is 5.75 Å². The van der Waals surface area contributed by atoms with E-state index in [0.717, 1.165) is 6.20 Å². The van der Waals surface area contributed by atoms with E-state index in [1.54, 1.807) is 6.07 Å². The number of nitro groups is 1. The van der Waals surface area contributed by atoms with E-state index < -0.39 is 10.9 Å². The summed E-state index contributed by atoms with van der Waals surface area (Å²) < 4.78 is 9.57. The minimum atomic E-state index is -0.593. The van der Waals surface area contributed by atoms with Gasteiger partial charge in [-0.25, -0.2) is 4.79 Å². The summed E-state index contributed by atoms with van der Waals surface area (Å²) in [5, 5.41) is 10.2. The fourth-order valence-electron chi connectivity index (χ4n) is 1.25. The highest BCUT2D eigenvalue weighted by Crippen LogP contribution is 2.21. The number of carbonyl (C=O) groups excluding carboxylic acids is 1. The largest absolute Gasteiger partial charge is 0.496 e. The van der Waals surface area contributed by atoms with Gasteiger partial charge >= 0.3 is 5.97 Å². The lowest BCUT2D eigenvalue weighted by molar-refractivity contribution is -0.400. The van der Waals surface area contributed by atoms with Gasteiger partial charge in [-0.15, -0.1) is 0 Å². The maximum Gasteiger partial charge on any atom is 0.337 e. The molecule has 0 unspecified atom stereocenters. The van der Waals surface area contributed by atoms with Gasteiger partial charge in [-0.05, 0) is 18.2 Å². The Balaban J connectivity index is 3.15. The molecule has 0 spiro atoms. The second kappa shape index (κ2) is 5.64. The van der Waals surface area contributed by atoms with Crippen LogP contribution in [0.2, 0.25) is 0 Å². The smallest absolute Gasteiger partial charge is 0.337 e. The third kappa shape index (κ3) is 3.30. The molecule has 6 heteroatoms. The first-order valence-corrected chi connectivity index (χ1v) is 4.66. The molecule has 0 N–H and O–H groups in total. The lowest BCUT2D eigenvalue weighted by Crippen LogP contribution is -2.02. The van der Waals surface area contributed by atoms with Gasteiger partial charge in [0.25, 0.3) is 0 Å². The molecule has 0 amide bonds. The Bertz CT molecular complexity index is 467. The minimum absolute atomic E-state index is 0.302. The first-order valence-electron chi connectivity index (χ1n) is 4.66. The van der Waals surface area contributed by atoms with E-state index in [-0.39, 0.29) is 0 Å². The molecule has 0 saturated heterocycles. The molecule has 0 aliphatic heterocycles.